The van der Waals surface area contributed by atoms with Gasteiger partial charge in [-0.1, -0.05) is 133 Å². The van der Waals surface area contributed by atoms with E-state index < -0.39 is 0 Å². The van der Waals surface area contributed by atoms with E-state index in [0.29, 0.717) is 17.5 Å². The van der Waals surface area contributed by atoms with Gasteiger partial charge in [-0.2, -0.15) is 0 Å². The lowest BCUT2D eigenvalue weighted by Gasteiger charge is -2.14. The normalized spacial score (nSPS) is 11.6. The van der Waals surface area contributed by atoms with E-state index in [-0.39, 0.29) is 0 Å². The number of benzene rings is 7. The van der Waals surface area contributed by atoms with E-state index in [1.54, 1.807) is 11.3 Å². The molecule has 10 aromatic rings. The summed E-state index contributed by atoms with van der Waals surface area (Å²) < 4.78 is 4.76. The number of thiophene rings is 1. The summed E-state index contributed by atoms with van der Waals surface area (Å²) in [6.45, 7) is 0. The van der Waals surface area contributed by atoms with Crippen LogP contribution in [0.4, 0.5) is 0 Å². The van der Waals surface area contributed by atoms with E-state index in [0.717, 1.165) is 39.0 Å². The minimum atomic E-state index is 0.632. The molecule has 0 spiro atoms. The Morgan fingerprint density at radius 1 is 0.360 bits per heavy atom. The number of nitrogens with zero attached hydrogens (tertiary/aromatic N) is 4. The Labute approximate surface area is 292 Å². The lowest BCUT2D eigenvalue weighted by Crippen LogP contribution is -2.03. The van der Waals surface area contributed by atoms with E-state index in [1.807, 2.05) is 6.07 Å². The average Bonchev–Trinajstić information content (AvgIpc) is 3.74. The molecule has 3 heterocycles. The molecule has 5 heteroatoms. The fraction of sp³-hybridized carbons (Fsp3) is 0. The first-order valence-electron chi connectivity index (χ1n) is 16.7. The summed E-state index contributed by atoms with van der Waals surface area (Å²) in [5, 5.41) is 4.89. The van der Waals surface area contributed by atoms with Crippen LogP contribution in [0.15, 0.2) is 170 Å². The van der Waals surface area contributed by atoms with Gasteiger partial charge < -0.3 is 4.57 Å². The highest BCUT2D eigenvalue weighted by Crippen LogP contribution is 2.40. The van der Waals surface area contributed by atoms with Crippen molar-refractivity contribution in [2.45, 2.75) is 0 Å². The van der Waals surface area contributed by atoms with Crippen LogP contribution >= 0.6 is 11.3 Å². The van der Waals surface area contributed by atoms with Gasteiger partial charge in [0, 0.05) is 47.6 Å². The van der Waals surface area contributed by atoms with Crippen molar-refractivity contribution in [2.24, 2.45) is 0 Å². The Hall–Kier alpha value is -6.43. The molecular formula is C45H28N4S. The largest absolute Gasteiger partial charge is 0.309 e. The van der Waals surface area contributed by atoms with Crippen LogP contribution in [-0.4, -0.2) is 19.5 Å². The van der Waals surface area contributed by atoms with Gasteiger partial charge in [0.1, 0.15) is 0 Å². The second-order valence-electron chi connectivity index (χ2n) is 12.4. The standard InChI is InChI=1S/C45H28N4S/c1-2-13-29(14-3-1)30-25-27-31(28-26-30)43-46-44(48-45(47-43)37-20-12-19-35-34-17-7-11-24-41(34)50-42(35)37)36-18-6-10-23-40(36)49-38-21-8-4-15-32(38)33-16-5-9-22-39(33)49/h1-28H. The van der Waals surface area contributed by atoms with Crippen molar-refractivity contribution in [2.75, 3.05) is 0 Å². The molecule has 3 aromatic heterocycles. The van der Waals surface area contributed by atoms with Crippen molar-refractivity contribution in [1.29, 1.82) is 0 Å². The van der Waals surface area contributed by atoms with Crippen LogP contribution in [0, 0.1) is 0 Å². The molecule has 0 atom stereocenters. The van der Waals surface area contributed by atoms with Gasteiger partial charge in [-0.15, -0.1) is 11.3 Å². The minimum Gasteiger partial charge on any atom is -0.309 e. The Kier molecular flexibility index (Phi) is 6.64. The van der Waals surface area contributed by atoms with Crippen molar-refractivity contribution in [3.8, 4) is 51.0 Å². The predicted molar refractivity (Wildman–Crippen MR) is 209 cm³/mol. The van der Waals surface area contributed by atoms with Crippen molar-refractivity contribution in [3.05, 3.63) is 170 Å². The van der Waals surface area contributed by atoms with Gasteiger partial charge in [-0.05, 0) is 47.5 Å². The third-order valence-electron chi connectivity index (χ3n) is 9.50. The summed E-state index contributed by atoms with van der Waals surface area (Å²) in [7, 11) is 0. The summed E-state index contributed by atoms with van der Waals surface area (Å²) in [5.41, 5.74) is 8.50. The number of hydrogen-bond donors (Lipinski definition) is 0. The van der Waals surface area contributed by atoms with Crippen molar-refractivity contribution < 1.29 is 0 Å². The van der Waals surface area contributed by atoms with E-state index in [2.05, 4.69) is 168 Å². The highest BCUT2D eigenvalue weighted by Gasteiger charge is 2.20. The highest BCUT2D eigenvalue weighted by molar-refractivity contribution is 7.26. The summed E-state index contributed by atoms with van der Waals surface area (Å²) in [6.07, 6.45) is 0. The summed E-state index contributed by atoms with van der Waals surface area (Å²) in [5.74, 6) is 1.93. The quantitative estimate of drug-likeness (QED) is 0.185. The van der Waals surface area contributed by atoms with E-state index in [1.165, 1.54) is 36.5 Å². The first kappa shape index (κ1) is 28.6. The highest BCUT2D eigenvalue weighted by atomic mass is 32.1. The molecule has 0 amide bonds. The maximum atomic E-state index is 5.29. The van der Waals surface area contributed by atoms with E-state index in [9.17, 15) is 0 Å². The molecular weight excluding hydrogens is 629 g/mol. The smallest absolute Gasteiger partial charge is 0.166 e. The Morgan fingerprint density at radius 2 is 0.880 bits per heavy atom. The minimum absolute atomic E-state index is 0.632. The van der Waals surface area contributed by atoms with Crippen LogP contribution in [0.1, 0.15) is 0 Å². The molecule has 4 nitrogen and oxygen atoms in total. The molecule has 7 aromatic carbocycles. The van der Waals surface area contributed by atoms with Crippen LogP contribution in [0.5, 0.6) is 0 Å². The van der Waals surface area contributed by atoms with Crippen LogP contribution in [-0.2, 0) is 0 Å². The van der Waals surface area contributed by atoms with Gasteiger partial charge in [0.25, 0.3) is 0 Å². The molecule has 234 valence electrons. The number of hydrogen-bond acceptors (Lipinski definition) is 4. The molecule has 0 saturated heterocycles. The number of rotatable bonds is 5. The SMILES string of the molecule is c1ccc(-c2ccc(-c3nc(-c4ccccc4-n4c5ccccc5c5ccccc54)nc(-c4cccc5c4sc4ccccc45)n3)cc2)cc1. The van der Waals surface area contributed by atoms with Gasteiger partial charge >= 0.3 is 0 Å². The fourth-order valence-electron chi connectivity index (χ4n) is 7.15. The van der Waals surface area contributed by atoms with Crippen molar-refractivity contribution >= 4 is 53.3 Å². The van der Waals surface area contributed by atoms with Crippen molar-refractivity contribution in [3.63, 3.8) is 0 Å². The molecule has 0 fully saturated rings. The molecule has 50 heavy (non-hydrogen) atoms. The molecule has 0 aliphatic carbocycles. The van der Waals surface area contributed by atoms with Gasteiger partial charge in [-0.3, -0.25) is 0 Å². The number of fused-ring (bicyclic) bond motifs is 6. The van der Waals surface area contributed by atoms with E-state index in [4.69, 9.17) is 15.0 Å². The molecule has 0 unspecified atom stereocenters. The third-order valence-corrected chi connectivity index (χ3v) is 10.7. The molecule has 0 saturated carbocycles. The molecule has 0 N–H and O–H groups in total. The summed E-state index contributed by atoms with van der Waals surface area (Å²) in [4.78, 5) is 15.7. The maximum Gasteiger partial charge on any atom is 0.166 e. The van der Waals surface area contributed by atoms with Crippen LogP contribution < -0.4 is 0 Å². The first-order chi connectivity index (χ1) is 24.8. The lowest BCUT2D eigenvalue weighted by molar-refractivity contribution is 1.07. The molecule has 0 aliphatic rings. The topological polar surface area (TPSA) is 43.6 Å². The molecule has 0 radical (unpaired) electrons. The monoisotopic (exact) mass is 656 g/mol. The van der Waals surface area contributed by atoms with Crippen LogP contribution in [0.3, 0.4) is 0 Å². The summed E-state index contributed by atoms with van der Waals surface area (Å²) in [6, 6.07) is 59.6. The Balaban J connectivity index is 1.22. The first-order valence-corrected chi connectivity index (χ1v) is 17.5. The lowest BCUT2D eigenvalue weighted by atomic mass is 10.0. The Morgan fingerprint density at radius 3 is 1.64 bits per heavy atom. The zero-order valence-corrected chi connectivity index (χ0v) is 27.7. The van der Waals surface area contributed by atoms with Gasteiger partial charge in [0.2, 0.25) is 0 Å². The number of aromatic nitrogens is 4. The average molecular weight is 657 g/mol. The fourth-order valence-corrected chi connectivity index (χ4v) is 8.36. The van der Waals surface area contributed by atoms with Crippen LogP contribution in [0.2, 0.25) is 0 Å². The predicted octanol–water partition coefficient (Wildman–Crippen LogP) is 12.0. The second kappa shape index (κ2) is 11.6. The molecule has 10 rings (SSSR count). The zero-order chi connectivity index (χ0) is 33.0. The zero-order valence-electron chi connectivity index (χ0n) is 26.9. The van der Waals surface area contributed by atoms with Crippen LogP contribution in [0.25, 0.3) is 93.0 Å². The van der Waals surface area contributed by atoms with Gasteiger partial charge in [-0.25, -0.2) is 15.0 Å². The van der Waals surface area contributed by atoms with Gasteiger partial charge in [0.05, 0.1) is 16.7 Å². The van der Waals surface area contributed by atoms with Crippen molar-refractivity contribution in [1.82, 2.24) is 19.5 Å². The molecule has 0 bridgehead atoms. The van der Waals surface area contributed by atoms with E-state index >= 15 is 0 Å². The Bertz CT molecular complexity index is 2810. The second-order valence-corrected chi connectivity index (χ2v) is 13.5. The molecule has 0 aliphatic heterocycles. The third kappa shape index (κ3) is 4.63. The maximum absolute atomic E-state index is 5.29. The summed E-state index contributed by atoms with van der Waals surface area (Å²) >= 11 is 1.79. The number of para-hydroxylation sites is 3. The van der Waals surface area contributed by atoms with Gasteiger partial charge in [0.15, 0.2) is 17.5 Å².